The second kappa shape index (κ2) is 13.9. The first-order chi connectivity index (χ1) is 16.0. The zero-order chi connectivity index (χ0) is 24.2. The van der Waals surface area contributed by atoms with E-state index in [0.717, 1.165) is 43.0 Å². The van der Waals surface area contributed by atoms with Gasteiger partial charge in [0.2, 0.25) is 0 Å². The first kappa shape index (κ1) is 26.7. The van der Waals surface area contributed by atoms with Crippen LogP contribution in [0.15, 0.2) is 65.0 Å². The molecule has 0 fully saturated rings. The van der Waals surface area contributed by atoms with Crippen molar-refractivity contribution in [2.75, 3.05) is 25.0 Å². The zero-order valence-electron chi connectivity index (χ0n) is 19.7. The van der Waals surface area contributed by atoms with E-state index in [2.05, 4.69) is 35.8 Å². The third kappa shape index (κ3) is 8.40. The summed E-state index contributed by atoms with van der Waals surface area (Å²) in [5.41, 5.74) is 7.56. The molecule has 0 radical (unpaired) electrons. The minimum Gasteiger partial charge on any atom is -0.368 e. The molecule has 0 saturated carbocycles. The molecule has 1 aliphatic heterocycles. The first-order valence-corrected chi connectivity index (χ1v) is 11.6. The van der Waals surface area contributed by atoms with E-state index in [0.29, 0.717) is 25.8 Å². The molecule has 0 spiro atoms. The van der Waals surface area contributed by atoms with Crippen LogP contribution in [-0.2, 0) is 0 Å². The van der Waals surface area contributed by atoms with Crippen LogP contribution in [0.5, 0.6) is 0 Å². The Hall–Kier alpha value is -2.52. The highest BCUT2D eigenvalue weighted by Gasteiger charge is 2.25. The number of allylic oxidation sites excluding steroid dienone is 3. The molecular weight excluding hydrogens is 421 g/mol. The fraction of sp³-hybridized carbons (Fsp3) is 0.480. The Morgan fingerprint density at radius 2 is 1.97 bits per heavy atom. The SMILES string of the molecule is CCCN(N)/C=C/C1C=C2N=C(CCCCC(O)O)N(c3ccc(F)cc3)CC2=CC1.CN. The Bertz CT molecular complexity index is 849. The van der Waals surface area contributed by atoms with Gasteiger partial charge in [-0.05, 0) is 69.0 Å². The molecule has 1 aliphatic carbocycles. The molecule has 33 heavy (non-hydrogen) atoms. The van der Waals surface area contributed by atoms with Crippen molar-refractivity contribution >= 4 is 11.5 Å². The molecule has 1 atom stereocenters. The number of fused-ring (bicyclic) bond motifs is 1. The minimum absolute atomic E-state index is 0.244. The number of unbranched alkanes of at least 4 members (excludes halogenated alkanes) is 1. The maximum absolute atomic E-state index is 13.4. The lowest BCUT2D eigenvalue weighted by atomic mass is 9.92. The monoisotopic (exact) mass is 459 g/mol. The molecule has 0 amide bonds. The number of aliphatic hydroxyl groups is 2. The smallest absolute Gasteiger partial charge is 0.151 e. The van der Waals surface area contributed by atoms with Crippen LogP contribution in [0.3, 0.4) is 0 Å². The lowest BCUT2D eigenvalue weighted by Crippen LogP contribution is -2.37. The third-order valence-electron chi connectivity index (χ3n) is 5.48. The van der Waals surface area contributed by atoms with Gasteiger partial charge in [-0.25, -0.2) is 15.2 Å². The Morgan fingerprint density at radius 3 is 2.64 bits per heavy atom. The molecule has 1 aromatic carbocycles. The molecule has 1 aromatic rings. The zero-order valence-corrected chi connectivity index (χ0v) is 19.7. The number of nitrogens with two attached hydrogens (primary N) is 2. The van der Waals surface area contributed by atoms with E-state index in [1.165, 1.54) is 24.8 Å². The molecule has 182 valence electrons. The Morgan fingerprint density at radius 1 is 1.24 bits per heavy atom. The molecule has 1 heterocycles. The van der Waals surface area contributed by atoms with Gasteiger partial charge >= 0.3 is 0 Å². The number of aliphatic hydroxyl groups excluding tert-OH is 1. The number of anilines is 1. The maximum atomic E-state index is 13.4. The summed E-state index contributed by atoms with van der Waals surface area (Å²) in [6.07, 6.45) is 11.6. The fourth-order valence-corrected chi connectivity index (χ4v) is 3.83. The van der Waals surface area contributed by atoms with Crippen molar-refractivity contribution in [1.29, 1.82) is 0 Å². The van der Waals surface area contributed by atoms with E-state index in [1.807, 2.05) is 6.20 Å². The molecule has 3 rings (SSSR count). The van der Waals surface area contributed by atoms with Gasteiger partial charge in [0.15, 0.2) is 6.29 Å². The quantitative estimate of drug-likeness (QED) is 0.185. The number of hydrazine groups is 1. The van der Waals surface area contributed by atoms with Crippen LogP contribution in [0.4, 0.5) is 10.1 Å². The molecule has 0 bridgehead atoms. The van der Waals surface area contributed by atoms with Gasteiger partial charge in [0.25, 0.3) is 0 Å². The van der Waals surface area contributed by atoms with Gasteiger partial charge in [-0.15, -0.1) is 0 Å². The van der Waals surface area contributed by atoms with Crippen molar-refractivity contribution in [3.63, 3.8) is 0 Å². The highest BCUT2D eigenvalue weighted by atomic mass is 19.1. The van der Waals surface area contributed by atoms with Gasteiger partial charge in [-0.3, -0.25) is 0 Å². The molecule has 7 nitrogen and oxygen atoms in total. The Kier molecular flexibility index (Phi) is 11.3. The highest BCUT2D eigenvalue weighted by Crippen LogP contribution is 2.32. The fourth-order valence-electron chi connectivity index (χ4n) is 3.83. The molecule has 6 N–H and O–H groups in total. The van der Waals surface area contributed by atoms with Gasteiger partial charge < -0.3 is 25.9 Å². The summed E-state index contributed by atoms with van der Waals surface area (Å²) in [4.78, 5) is 7.07. The van der Waals surface area contributed by atoms with Crippen molar-refractivity contribution in [1.82, 2.24) is 5.01 Å². The van der Waals surface area contributed by atoms with E-state index in [-0.39, 0.29) is 11.7 Å². The number of nitrogens with zero attached hydrogens (tertiary/aromatic N) is 3. The molecular formula is C25H38FN5O2. The number of aliphatic imine (C=N–C) groups is 1. The van der Waals surface area contributed by atoms with Crippen molar-refractivity contribution < 1.29 is 14.6 Å². The van der Waals surface area contributed by atoms with Crippen LogP contribution in [0.2, 0.25) is 0 Å². The van der Waals surface area contributed by atoms with Crippen molar-refractivity contribution in [3.8, 4) is 0 Å². The summed E-state index contributed by atoms with van der Waals surface area (Å²) in [6.45, 7) is 3.60. The van der Waals surface area contributed by atoms with E-state index in [1.54, 1.807) is 17.1 Å². The van der Waals surface area contributed by atoms with Crippen LogP contribution >= 0.6 is 0 Å². The van der Waals surface area contributed by atoms with Gasteiger partial charge in [-0.2, -0.15) is 0 Å². The van der Waals surface area contributed by atoms with E-state index in [9.17, 15) is 4.39 Å². The summed E-state index contributed by atoms with van der Waals surface area (Å²) < 4.78 is 13.4. The summed E-state index contributed by atoms with van der Waals surface area (Å²) in [6, 6.07) is 6.47. The van der Waals surface area contributed by atoms with Crippen LogP contribution in [-0.4, -0.2) is 47.5 Å². The lowest BCUT2D eigenvalue weighted by Gasteiger charge is -2.34. The van der Waals surface area contributed by atoms with E-state index >= 15 is 0 Å². The predicted octanol–water partition coefficient (Wildman–Crippen LogP) is 3.42. The molecule has 0 aromatic heterocycles. The molecule has 2 aliphatic rings. The summed E-state index contributed by atoms with van der Waals surface area (Å²) in [7, 11) is 1.50. The normalized spacial score (nSPS) is 17.8. The van der Waals surface area contributed by atoms with Crippen LogP contribution in [0.1, 0.15) is 45.4 Å². The minimum atomic E-state index is -1.28. The van der Waals surface area contributed by atoms with Gasteiger partial charge in [0.05, 0.1) is 12.2 Å². The number of benzene rings is 1. The highest BCUT2D eigenvalue weighted by molar-refractivity contribution is 6.00. The van der Waals surface area contributed by atoms with Crippen molar-refractivity contribution in [2.45, 2.75) is 51.7 Å². The van der Waals surface area contributed by atoms with Gasteiger partial charge in [0.1, 0.15) is 11.7 Å². The Labute approximate surface area is 196 Å². The summed E-state index contributed by atoms with van der Waals surface area (Å²) in [5.74, 6) is 6.85. The standard InChI is InChI=1S/C24H33FN4O2.CH5N/c1-2-14-28(26)15-13-18-7-8-19-17-29(21-11-9-20(25)10-12-21)23(27-22(19)16-18)5-3-4-6-24(30)31;1-2/h8-13,15-16,18,24,30-31H,2-7,14,17,26H2,1H3;2H2,1H3/b15-13+;. The lowest BCUT2D eigenvalue weighted by molar-refractivity contribution is -0.0464. The van der Waals surface area contributed by atoms with Crippen LogP contribution in [0, 0.1) is 11.7 Å². The Balaban J connectivity index is 0.00000187. The number of hydrogen-bond donors (Lipinski definition) is 4. The van der Waals surface area contributed by atoms with E-state index < -0.39 is 6.29 Å². The summed E-state index contributed by atoms with van der Waals surface area (Å²) >= 11 is 0. The second-order valence-electron chi connectivity index (χ2n) is 8.08. The largest absolute Gasteiger partial charge is 0.368 e. The van der Waals surface area contributed by atoms with Gasteiger partial charge in [-0.1, -0.05) is 25.2 Å². The average molecular weight is 460 g/mol. The molecule has 0 saturated heterocycles. The number of rotatable bonds is 10. The van der Waals surface area contributed by atoms with Crippen molar-refractivity contribution in [2.24, 2.45) is 22.5 Å². The number of halogens is 1. The van der Waals surface area contributed by atoms with Crippen LogP contribution in [0.25, 0.3) is 0 Å². The van der Waals surface area contributed by atoms with Crippen molar-refractivity contribution in [3.05, 3.63) is 65.8 Å². The summed E-state index contributed by atoms with van der Waals surface area (Å²) in [5, 5.41) is 19.9. The number of amidine groups is 1. The molecule has 1 unspecified atom stereocenters. The predicted molar refractivity (Wildman–Crippen MR) is 133 cm³/mol. The topological polar surface area (TPSA) is 111 Å². The average Bonchev–Trinajstić information content (AvgIpc) is 2.82. The molecule has 8 heteroatoms. The van der Waals surface area contributed by atoms with Crippen LogP contribution < -0.4 is 16.5 Å². The maximum Gasteiger partial charge on any atom is 0.151 e. The number of hydrogen-bond acceptors (Lipinski definition) is 7. The second-order valence-corrected chi connectivity index (χ2v) is 8.08. The third-order valence-corrected chi connectivity index (χ3v) is 5.48. The van der Waals surface area contributed by atoms with E-state index in [4.69, 9.17) is 21.0 Å². The van der Waals surface area contributed by atoms with Gasteiger partial charge in [0, 0.05) is 30.8 Å². The first-order valence-electron chi connectivity index (χ1n) is 11.6.